The van der Waals surface area contributed by atoms with Crippen molar-refractivity contribution >= 4 is 43.0 Å². The van der Waals surface area contributed by atoms with Crippen LogP contribution in [0.2, 0.25) is 0 Å². The van der Waals surface area contributed by atoms with Gasteiger partial charge in [-0.25, -0.2) is 8.42 Å². The van der Waals surface area contributed by atoms with Gasteiger partial charge in [-0.1, -0.05) is 0 Å². The summed E-state index contributed by atoms with van der Waals surface area (Å²) < 4.78 is 27.9. The number of sulfonamides is 1. The summed E-state index contributed by atoms with van der Waals surface area (Å²) in [6.07, 6.45) is 0.771. The molecule has 2 N–H and O–H groups in total. The van der Waals surface area contributed by atoms with Crippen LogP contribution in [0.5, 0.6) is 0 Å². The molecule has 1 aliphatic heterocycles. The summed E-state index contributed by atoms with van der Waals surface area (Å²) in [7, 11) is -3.52. The van der Waals surface area contributed by atoms with E-state index in [4.69, 9.17) is 5.73 Å². The first-order valence-electron chi connectivity index (χ1n) is 6.54. The van der Waals surface area contributed by atoms with Crippen LogP contribution < -0.4 is 5.73 Å². The Morgan fingerprint density at radius 1 is 1.38 bits per heavy atom. The molecule has 0 radical (unpaired) electrons. The number of benzene rings is 1. The lowest BCUT2D eigenvalue weighted by Crippen LogP contribution is -2.38. The fourth-order valence-electron chi connectivity index (χ4n) is 2.62. The zero-order valence-electron chi connectivity index (χ0n) is 11.4. The van der Waals surface area contributed by atoms with Crippen molar-refractivity contribution in [3.05, 3.63) is 44.6 Å². The fraction of sp³-hybridized carbons (Fsp3) is 0.286. The van der Waals surface area contributed by atoms with Crippen molar-refractivity contribution in [2.45, 2.75) is 24.3 Å². The topological polar surface area (TPSA) is 63.4 Å². The molecule has 0 bridgehead atoms. The normalized spacial score (nSPS) is 19.4. The van der Waals surface area contributed by atoms with E-state index in [0.717, 1.165) is 12.0 Å². The first kappa shape index (κ1) is 15.0. The molecule has 2 aromatic rings. The molecule has 1 aliphatic rings. The summed E-state index contributed by atoms with van der Waals surface area (Å²) in [4.78, 5) is 1.56. The summed E-state index contributed by atoms with van der Waals surface area (Å²) in [6.45, 7) is 2.45. The number of hydrogen-bond donors (Lipinski definition) is 1. The summed E-state index contributed by atoms with van der Waals surface area (Å²) in [5.74, 6) is 0. The molecule has 0 aliphatic carbocycles. The number of nitrogens with zero attached hydrogens (tertiary/aromatic N) is 1. The van der Waals surface area contributed by atoms with Crippen LogP contribution in [-0.2, 0) is 16.4 Å². The number of thiophene rings is 1. The first-order chi connectivity index (χ1) is 9.91. The molecule has 1 atom stereocenters. The van der Waals surface area contributed by atoms with Crippen molar-refractivity contribution in [1.29, 1.82) is 0 Å². The van der Waals surface area contributed by atoms with Gasteiger partial charge in [0.15, 0.2) is 0 Å². The molecule has 3 rings (SSSR count). The van der Waals surface area contributed by atoms with Crippen molar-refractivity contribution < 1.29 is 8.42 Å². The molecule has 0 fully saturated rings. The monoisotopic (exact) mass is 386 g/mol. The van der Waals surface area contributed by atoms with Gasteiger partial charge in [0.1, 0.15) is 0 Å². The number of halogens is 1. The average molecular weight is 387 g/mol. The molecule has 1 aromatic carbocycles. The Bertz CT molecular complexity index is 786. The summed E-state index contributed by atoms with van der Waals surface area (Å²) in [6, 6.07) is 6.62. The van der Waals surface area contributed by atoms with E-state index in [2.05, 4.69) is 15.9 Å². The van der Waals surface area contributed by atoms with Crippen LogP contribution in [0.15, 0.2) is 39.0 Å². The van der Waals surface area contributed by atoms with Gasteiger partial charge in [0.25, 0.3) is 0 Å². The van der Waals surface area contributed by atoms with Crippen molar-refractivity contribution in [1.82, 2.24) is 4.31 Å². The predicted octanol–water partition coefficient (Wildman–Crippen LogP) is 3.40. The van der Waals surface area contributed by atoms with E-state index in [-0.39, 0.29) is 10.9 Å². The number of rotatable bonds is 2. The number of anilines is 1. The minimum Gasteiger partial charge on any atom is -0.398 e. The lowest BCUT2D eigenvalue weighted by molar-refractivity contribution is 0.329. The van der Waals surface area contributed by atoms with Crippen LogP contribution in [0.3, 0.4) is 0 Å². The maximum atomic E-state index is 12.9. The molecule has 2 heterocycles. The lowest BCUT2D eigenvalue weighted by atomic mass is 10.0. The molecule has 7 heteroatoms. The zero-order valence-corrected chi connectivity index (χ0v) is 14.6. The van der Waals surface area contributed by atoms with Gasteiger partial charge in [-0.3, -0.25) is 0 Å². The van der Waals surface area contributed by atoms with Crippen molar-refractivity contribution in [2.24, 2.45) is 0 Å². The van der Waals surface area contributed by atoms with E-state index < -0.39 is 10.0 Å². The summed E-state index contributed by atoms with van der Waals surface area (Å²) in [5, 5.41) is 2.02. The molecule has 0 saturated heterocycles. The van der Waals surface area contributed by atoms with Crippen molar-refractivity contribution in [2.75, 3.05) is 12.3 Å². The van der Waals surface area contributed by atoms with Gasteiger partial charge in [-0.2, -0.15) is 4.31 Å². The minimum atomic E-state index is -3.52. The van der Waals surface area contributed by atoms with Crippen molar-refractivity contribution in [3.8, 4) is 0 Å². The van der Waals surface area contributed by atoms with Crippen LogP contribution in [0.4, 0.5) is 5.69 Å². The van der Waals surface area contributed by atoms with E-state index in [9.17, 15) is 8.42 Å². The van der Waals surface area contributed by atoms with E-state index >= 15 is 0 Å². The molecule has 1 unspecified atom stereocenters. The Labute approximate surface area is 136 Å². The first-order valence-corrected chi connectivity index (χ1v) is 9.65. The molecule has 1 aromatic heterocycles. The van der Waals surface area contributed by atoms with Crippen molar-refractivity contribution in [3.63, 3.8) is 0 Å². The van der Waals surface area contributed by atoms with Crippen LogP contribution in [0.25, 0.3) is 0 Å². The Morgan fingerprint density at radius 3 is 2.86 bits per heavy atom. The van der Waals surface area contributed by atoms with Gasteiger partial charge < -0.3 is 5.73 Å². The maximum absolute atomic E-state index is 12.9. The third kappa shape index (κ3) is 2.52. The molecular weight excluding hydrogens is 372 g/mol. The second kappa shape index (κ2) is 5.39. The summed E-state index contributed by atoms with van der Waals surface area (Å²) in [5.41, 5.74) is 7.38. The zero-order chi connectivity index (χ0) is 15.2. The lowest BCUT2D eigenvalue weighted by Gasteiger charge is -2.32. The van der Waals surface area contributed by atoms with E-state index in [1.54, 1.807) is 33.8 Å². The Hall–Kier alpha value is -0.890. The fourth-order valence-corrected chi connectivity index (χ4v) is 5.75. The Balaban J connectivity index is 2.01. The van der Waals surface area contributed by atoms with Gasteiger partial charge in [-0.15, -0.1) is 11.3 Å². The highest BCUT2D eigenvalue weighted by atomic mass is 79.9. The van der Waals surface area contributed by atoms with Crippen LogP contribution in [0, 0.1) is 0 Å². The number of nitrogens with two attached hydrogens (primary N) is 1. The molecule has 112 valence electrons. The average Bonchev–Trinajstić information content (AvgIpc) is 2.91. The smallest absolute Gasteiger partial charge is 0.243 e. The SMILES string of the molecule is CC1c2ccsc2CCN1S(=O)(=O)c1ccc(N)c(Br)c1. The molecule has 4 nitrogen and oxygen atoms in total. The van der Waals surface area contributed by atoms with Crippen LogP contribution in [0.1, 0.15) is 23.4 Å². The highest BCUT2D eigenvalue weighted by Gasteiger charge is 2.34. The van der Waals surface area contributed by atoms with E-state index in [1.165, 1.54) is 4.88 Å². The van der Waals surface area contributed by atoms with E-state index in [1.807, 2.05) is 18.4 Å². The van der Waals surface area contributed by atoms with E-state index in [0.29, 0.717) is 16.7 Å². The maximum Gasteiger partial charge on any atom is 0.243 e. The molecular formula is C14H15BrN2O2S2. The second-order valence-electron chi connectivity index (χ2n) is 5.02. The standard InChI is InChI=1S/C14H15BrN2O2S2/c1-9-11-5-7-20-14(11)4-6-17(9)21(18,19)10-2-3-13(16)12(15)8-10/h2-3,5,7-9H,4,6,16H2,1H3. The second-order valence-corrected chi connectivity index (χ2v) is 8.77. The third-order valence-corrected chi connectivity index (χ3v) is 7.45. The minimum absolute atomic E-state index is 0.138. The Kier molecular flexibility index (Phi) is 3.85. The quantitative estimate of drug-likeness (QED) is 0.804. The summed E-state index contributed by atoms with van der Waals surface area (Å²) >= 11 is 4.99. The molecule has 0 saturated carbocycles. The number of fused-ring (bicyclic) bond motifs is 1. The highest BCUT2D eigenvalue weighted by molar-refractivity contribution is 9.10. The number of nitrogen functional groups attached to an aromatic ring is 1. The third-order valence-electron chi connectivity index (χ3n) is 3.80. The Morgan fingerprint density at radius 2 is 2.14 bits per heavy atom. The predicted molar refractivity (Wildman–Crippen MR) is 88.9 cm³/mol. The van der Waals surface area contributed by atoms with Gasteiger partial charge >= 0.3 is 0 Å². The molecule has 21 heavy (non-hydrogen) atoms. The largest absolute Gasteiger partial charge is 0.398 e. The van der Waals surface area contributed by atoms with Gasteiger partial charge in [-0.05, 0) is 64.5 Å². The van der Waals surface area contributed by atoms with Crippen LogP contribution >= 0.6 is 27.3 Å². The highest BCUT2D eigenvalue weighted by Crippen LogP contribution is 2.37. The number of hydrogen-bond acceptors (Lipinski definition) is 4. The van der Waals surface area contributed by atoms with Gasteiger partial charge in [0.2, 0.25) is 10.0 Å². The van der Waals surface area contributed by atoms with Gasteiger partial charge in [0, 0.05) is 27.6 Å². The molecule has 0 spiro atoms. The molecule has 0 amide bonds. The van der Waals surface area contributed by atoms with Gasteiger partial charge in [0.05, 0.1) is 4.90 Å². The van der Waals surface area contributed by atoms with Crippen LogP contribution in [-0.4, -0.2) is 19.3 Å².